The van der Waals surface area contributed by atoms with Crippen LogP contribution in [0.1, 0.15) is 25.7 Å². The minimum atomic E-state index is -0.683. The summed E-state index contributed by atoms with van der Waals surface area (Å²) in [4.78, 5) is 12.7. The largest absolute Gasteiger partial charge is 0.481 e. The van der Waals surface area contributed by atoms with Gasteiger partial charge in [0.2, 0.25) is 0 Å². The van der Waals surface area contributed by atoms with Crippen LogP contribution in [0.3, 0.4) is 0 Å². The van der Waals surface area contributed by atoms with E-state index in [2.05, 4.69) is 11.9 Å². The monoisotopic (exact) mass is 217 g/mol. The third kappa shape index (κ3) is 4.33. The predicted molar refractivity (Wildman–Crippen MR) is 59.8 cm³/mol. The fourth-order valence-corrected chi connectivity index (χ4v) is 2.87. The molecule has 4 heteroatoms. The van der Waals surface area contributed by atoms with Crippen molar-refractivity contribution < 1.29 is 9.90 Å². The lowest BCUT2D eigenvalue weighted by Gasteiger charge is -2.30. The fourth-order valence-electron chi connectivity index (χ4n) is 1.79. The Bertz CT molecular complexity index is 181. The van der Waals surface area contributed by atoms with Crippen molar-refractivity contribution in [3.8, 4) is 0 Å². The molecule has 1 rings (SSSR count). The molecule has 14 heavy (non-hydrogen) atoms. The van der Waals surface area contributed by atoms with Crippen molar-refractivity contribution >= 4 is 17.7 Å². The van der Waals surface area contributed by atoms with Crippen LogP contribution in [0.2, 0.25) is 0 Å². The Kier molecular flexibility index (Phi) is 5.33. The Morgan fingerprint density at radius 3 is 2.71 bits per heavy atom. The maximum Gasteiger partial charge on any atom is 0.303 e. The van der Waals surface area contributed by atoms with Gasteiger partial charge in [0.25, 0.3) is 0 Å². The Hall–Kier alpha value is -0.220. The van der Waals surface area contributed by atoms with Crippen LogP contribution in [-0.4, -0.2) is 47.1 Å². The number of rotatable bonds is 5. The van der Waals surface area contributed by atoms with E-state index in [9.17, 15) is 4.79 Å². The van der Waals surface area contributed by atoms with Crippen molar-refractivity contribution in [1.29, 1.82) is 0 Å². The first-order chi connectivity index (χ1) is 6.70. The summed E-state index contributed by atoms with van der Waals surface area (Å²) in [5, 5.41) is 8.51. The predicted octanol–water partition coefficient (Wildman–Crippen LogP) is 1.68. The minimum Gasteiger partial charge on any atom is -0.481 e. The van der Waals surface area contributed by atoms with Crippen molar-refractivity contribution in [2.75, 3.05) is 25.1 Å². The standard InChI is InChI=1S/C10H19NO2S/c1-11(6-2-3-10(12)13)9-4-7-14-8-5-9/h9H,2-8H2,1H3,(H,12,13). The van der Waals surface area contributed by atoms with Gasteiger partial charge in [0, 0.05) is 12.5 Å². The first-order valence-electron chi connectivity index (χ1n) is 5.20. The summed E-state index contributed by atoms with van der Waals surface area (Å²) in [6.07, 6.45) is 3.59. The van der Waals surface area contributed by atoms with Gasteiger partial charge in [-0.1, -0.05) is 0 Å². The fraction of sp³-hybridized carbons (Fsp3) is 0.900. The molecule has 0 bridgehead atoms. The second-order valence-corrected chi connectivity index (χ2v) is 5.05. The molecule has 0 radical (unpaired) electrons. The Morgan fingerprint density at radius 2 is 2.14 bits per heavy atom. The van der Waals surface area contributed by atoms with E-state index in [-0.39, 0.29) is 0 Å². The quantitative estimate of drug-likeness (QED) is 0.760. The van der Waals surface area contributed by atoms with Gasteiger partial charge in [-0.15, -0.1) is 0 Å². The van der Waals surface area contributed by atoms with Crippen LogP contribution in [0.5, 0.6) is 0 Å². The van der Waals surface area contributed by atoms with Gasteiger partial charge in [0.05, 0.1) is 0 Å². The number of nitrogens with zero attached hydrogens (tertiary/aromatic N) is 1. The van der Waals surface area contributed by atoms with Crippen LogP contribution in [0.4, 0.5) is 0 Å². The van der Waals surface area contributed by atoms with Crippen molar-refractivity contribution in [3.05, 3.63) is 0 Å². The zero-order chi connectivity index (χ0) is 10.4. The highest BCUT2D eigenvalue weighted by Gasteiger charge is 2.17. The molecule has 0 unspecified atom stereocenters. The molecule has 0 aromatic rings. The second-order valence-electron chi connectivity index (χ2n) is 3.82. The molecule has 0 saturated carbocycles. The lowest BCUT2D eigenvalue weighted by atomic mass is 10.1. The number of aliphatic carboxylic acids is 1. The molecular formula is C10H19NO2S. The zero-order valence-corrected chi connectivity index (χ0v) is 9.55. The van der Waals surface area contributed by atoms with Gasteiger partial charge in [-0.05, 0) is 44.4 Å². The van der Waals surface area contributed by atoms with Crippen LogP contribution in [-0.2, 0) is 4.79 Å². The highest BCUT2D eigenvalue weighted by atomic mass is 32.2. The van der Waals surface area contributed by atoms with Crippen LogP contribution in [0, 0.1) is 0 Å². The molecule has 1 aliphatic heterocycles. The Balaban J connectivity index is 2.13. The molecular weight excluding hydrogens is 198 g/mol. The number of hydrogen-bond donors (Lipinski definition) is 1. The summed E-state index contributed by atoms with van der Waals surface area (Å²) in [6, 6.07) is 0.685. The van der Waals surface area contributed by atoms with Crippen LogP contribution >= 0.6 is 11.8 Å². The summed E-state index contributed by atoms with van der Waals surface area (Å²) in [5.74, 6) is 1.83. The lowest BCUT2D eigenvalue weighted by Crippen LogP contribution is -2.35. The van der Waals surface area contributed by atoms with Gasteiger partial charge in [-0.25, -0.2) is 0 Å². The minimum absolute atomic E-state index is 0.297. The number of carboxylic acids is 1. The van der Waals surface area contributed by atoms with Gasteiger partial charge < -0.3 is 10.0 Å². The molecule has 0 aromatic carbocycles. The van der Waals surface area contributed by atoms with Crippen molar-refractivity contribution in [2.24, 2.45) is 0 Å². The lowest BCUT2D eigenvalue weighted by molar-refractivity contribution is -0.137. The summed E-state index contributed by atoms with van der Waals surface area (Å²) in [7, 11) is 2.11. The van der Waals surface area contributed by atoms with Crippen LogP contribution in [0.25, 0.3) is 0 Å². The van der Waals surface area contributed by atoms with Gasteiger partial charge in [-0.2, -0.15) is 11.8 Å². The van der Waals surface area contributed by atoms with Gasteiger partial charge in [0.1, 0.15) is 0 Å². The summed E-state index contributed by atoms with van der Waals surface area (Å²) < 4.78 is 0. The van der Waals surface area contributed by atoms with Crippen LogP contribution in [0.15, 0.2) is 0 Å². The molecule has 1 N–H and O–H groups in total. The first kappa shape index (κ1) is 11.9. The van der Waals surface area contributed by atoms with Crippen molar-refractivity contribution in [3.63, 3.8) is 0 Å². The maximum absolute atomic E-state index is 10.3. The topological polar surface area (TPSA) is 40.5 Å². The molecule has 0 spiro atoms. The average molecular weight is 217 g/mol. The highest BCUT2D eigenvalue weighted by molar-refractivity contribution is 7.99. The Labute approximate surface area is 89.9 Å². The van der Waals surface area contributed by atoms with E-state index in [4.69, 9.17) is 5.11 Å². The average Bonchev–Trinajstić information content (AvgIpc) is 2.18. The number of carboxylic acid groups (broad SMARTS) is 1. The number of carbonyl (C=O) groups is 1. The van der Waals surface area contributed by atoms with E-state index in [0.717, 1.165) is 13.0 Å². The third-order valence-electron chi connectivity index (χ3n) is 2.72. The van der Waals surface area contributed by atoms with Crippen molar-refractivity contribution in [1.82, 2.24) is 4.90 Å². The van der Waals surface area contributed by atoms with E-state index < -0.39 is 5.97 Å². The summed E-state index contributed by atoms with van der Waals surface area (Å²) >= 11 is 2.02. The molecule has 1 saturated heterocycles. The van der Waals surface area contributed by atoms with Gasteiger partial charge in [0.15, 0.2) is 0 Å². The van der Waals surface area contributed by atoms with Gasteiger partial charge >= 0.3 is 5.97 Å². The molecule has 0 amide bonds. The SMILES string of the molecule is CN(CCCC(=O)O)C1CCSCC1. The molecule has 1 heterocycles. The highest BCUT2D eigenvalue weighted by Crippen LogP contribution is 2.20. The first-order valence-corrected chi connectivity index (χ1v) is 6.35. The summed E-state index contributed by atoms with van der Waals surface area (Å²) in [6.45, 7) is 0.918. The maximum atomic E-state index is 10.3. The molecule has 1 aliphatic rings. The van der Waals surface area contributed by atoms with E-state index >= 15 is 0 Å². The second kappa shape index (κ2) is 6.30. The molecule has 1 fully saturated rings. The van der Waals surface area contributed by atoms with E-state index in [1.165, 1.54) is 24.3 Å². The number of hydrogen-bond acceptors (Lipinski definition) is 3. The number of thioether (sulfide) groups is 1. The van der Waals surface area contributed by atoms with E-state index in [0.29, 0.717) is 12.5 Å². The molecule has 3 nitrogen and oxygen atoms in total. The Morgan fingerprint density at radius 1 is 1.50 bits per heavy atom. The molecule has 0 aromatic heterocycles. The van der Waals surface area contributed by atoms with Gasteiger partial charge in [-0.3, -0.25) is 4.79 Å². The smallest absolute Gasteiger partial charge is 0.303 e. The van der Waals surface area contributed by atoms with E-state index in [1.807, 2.05) is 11.8 Å². The third-order valence-corrected chi connectivity index (χ3v) is 3.76. The molecule has 0 atom stereocenters. The molecule has 0 aliphatic carbocycles. The van der Waals surface area contributed by atoms with Crippen molar-refractivity contribution in [2.45, 2.75) is 31.7 Å². The zero-order valence-electron chi connectivity index (χ0n) is 8.74. The summed E-state index contributed by atoms with van der Waals surface area (Å²) in [5.41, 5.74) is 0. The normalized spacial score (nSPS) is 18.7. The molecule has 82 valence electrons. The van der Waals surface area contributed by atoms with E-state index in [1.54, 1.807) is 0 Å². The van der Waals surface area contributed by atoms with Crippen LogP contribution < -0.4 is 0 Å².